The molecule has 11 rings (SSSR count). The Labute approximate surface area is 341 Å². The molecule has 11 aromatic rings. The van der Waals surface area contributed by atoms with Gasteiger partial charge in [0.2, 0.25) is 5.89 Å². The van der Waals surface area contributed by atoms with E-state index in [4.69, 9.17) is 13.8 Å². The van der Waals surface area contributed by atoms with Crippen LogP contribution in [0.4, 0.5) is 17.1 Å². The van der Waals surface area contributed by atoms with E-state index in [2.05, 4.69) is 187 Å². The molecule has 0 bridgehead atoms. The standard InChI is InChI=1S/C55H36N2O2/c1-5-14-37(15-6-1)39-24-27-44(28-25-39)57(45-23-13-22-42(32-45)38-16-7-2-8-17-38)46-29-31-47(49(34-46)40-18-9-3-10-19-40)43-26-30-48-50-35-51-54(36-53(50)58-52(48)33-43)59-55(56-51)41-20-11-4-12-21-41/h1-36H. The minimum atomic E-state index is 0.600. The number of fused-ring (bicyclic) bond motifs is 4. The van der Waals surface area contributed by atoms with Gasteiger partial charge in [-0.25, -0.2) is 4.98 Å². The first-order chi connectivity index (χ1) is 29.2. The summed E-state index contributed by atoms with van der Waals surface area (Å²) in [7, 11) is 0. The number of nitrogens with zero attached hydrogens (tertiary/aromatic N) is 2. The predicted molar refractivity (Wildman–Crippen MR) is 243 cm³/mol. The number of rotatable bonds is 8. The number of aromatic nitrogens is 1. The molecule has 2 aromatic heterocycles. The average molecular weight is 757 g/mol. The lowest BCUT2D eigenvalue weighted by atomic mass is 9.93. The van der Waals surface area contributed by atoms with Crippen molar-refractivity contribution in [3.8, 4) is 56.0 Å². The van der Waals surface area contributed by atoms with Crippen LogP contribution in [0.1, 0.15) is 0 Å². The van der Waals surface area contributed by atoms with Crippen LogP contribution in [0.25, 0.3) is 89.0 Å². The zero-order valence-corrected chi connectivity index (χ0v) is 32.0. The fraction of sp³-hybridized carbons (Fsp3) is 0. The van der Waals surface area contributed by atoms with Crippen LogP contribution >= 0.6 is 0 Å². The number of furan rings is 1. The second-order valence-corrected chi connectivity index (χ2v) is 14.8. The number of hydrogen-bond donors (Lipinski definition) is 0. The summed E-state index contributed by atoms with van der Waals surface area (Å²) in [6, 6.07) is 76.7. The van der Waals surface area contributed by atoms with Gasteiger partial charge in [-0.1, -0.05) is 146 Å². The molecule has 4 heteroatoms. The van der Waals surface area contributed by atoms with E-state index < -0.39 is 0 Å². The lowest BCUT2D eigenvalue weighted by Gasteiger charge is -2.27. The number of anilines is 3. The molecular weight excluding hydrogens is 721 g/mol. The van der Waals surface area contributed by atoms with Crippen molar-refractivity contribution in [2.75, 3.05) is 4.90 Å². The molecule has 0 aliphatic heterocycles. The number of benzene rings is 9. The van der Waals surface area contributed by atoms with E-state index in [1.807, 2.05) is 36.4 Å². The molecule has 278 valence electrons. The second kappa shape index (κ2) is 14.5. The monoisotopic (exact) mass is 756 g/mol. The van der Waals surface area contributed by atoms with E-state index in [1.165, 1.54) is 16.7 Å². The summed E-state index contributed by atoms with van der Waals surface area (Å²) in [4.78, 5) is 7.18. The lowest BCUT2D eigenvalue weighted by molar-refractivity contribution is 0.617. The third kappa shape index (κ3) is 6.43. The number of hydrogen-bond acceptors (Lipinski definition) is 4. The summed E-state index contributed by atoms with van der Waals surface area (Å²) in [6.07, 6.45) is 0. The molecule has 0 aliphatic rings. The maximum atomic E-state index is 6.55. The first kappa shape index (κ1) is 34.3. The van der Waals surface area contributed by atoms with Crippen LogP contribution in [0.5, 0.6) is 0 Å². The van der Waals surface area contributed by atoms with Crippen LogP contribution in [-0.4, -0.2) is 4.98 Å². The van der Waals surface area contributed by atoms with Crippen molar-refractivity contribution in [2.45, 2.75) is 0 Å². The highest BCUT2D eigenvalue weighted by molar-refractivity contribution is 6.10. The Bertz CT molecular complexity index is 3240. The van der Waals surface area contributed by atoms with Crippen LogP contribution in [0.3, 0.4) is 0 Å². The van der Waals surface area contributed by atoms with Crippen molar-refractivity contribution in [3.63, 3.8) is 0 Å². The van der Waals surface area contributed by atoms with Crippen LogP contribution in [0.15, 0.2) is 227 Å². The Balaban J connectivity index is 1.03. The van der Waals surface area contributed by atoms with Gasteiger partial charge in [0.25, 0.3) is 0 Å². The number of oxazole rings is 1. The van der Waals surface area contributed by atoms with Gasteiger partial charge >= 0.3 is 0 Å². The molecule has 9 aromatic carbocycles. The normalized spacial score (nSPS) is 11.4. The van der Waals surface area contributed by atoms with E-state index in [1.54, 1.807) is 0 Å². The molecule has 0 unspecified atom stereocenters. The SMILES string of the molecule is c1ccc(-c2ccc(N(c3cccc(-c4ccccc4)c3)c3ccc(-c4ccc5c(c4)oc4cc6oc(-c7ccccc7)nc6cc45)c(-c4ccccc4)c3)cc2)cc1. The zero-order chi connectivity index (χ0) is 39.1. The zero-order valence-electron chi connectivity index (χ0n) is 32.0. The average Bonchev–Trinajstić information content (AvgIpc) is 3.90. The van der Waals surface area contributed by atoms with Crippen LogP contribution in [0, 0.1) is 0 Å². The quantitative estimate of drug-likeness (QED) is 0.155. The van der Waals surface area contributed by atoms with Gasteiger partial charge in [0.1, 0.15) is 16.7 Å². The molecule has 0 saturated carbocycles. The fourth-order valence-corrected chi connectivity index (χ4v) is 8.19. The van der Waals surface area contributed by atoms with Gasteiger partial charge < -0.3 is 13.7 Å². The molecule has 4 nitrogen and oxygen atoms in total. The largest absolute Gasteiger partial charge is 0.456 e. The molecule has 0 saturated heterocycles. The third-order valence-electron chi connectivity index (χ3n) is 11.1. The van der Waals surface area contributed by atoms with Gasteiger partial charge in [-0.2, -0.15) is 0 Å². The summed E-state index contributed by atoms with van der Waals surface area (Å²) in [5.41, 5.74) is 16.4. The van der Waals surface area contributed by atoms with Crippen LogP contribution in [-0.2, 0) is 0 Å². The van der Waals surface area contributed by atoms with Crippen molar-refractivity contribution in [1.82, 2.24) is 4.98 Å². The van der Waals surface area contributed by atoms with Gasteiger partial charge in [-0.15, -0.1) is 0 Å². The molecule has 0 amide bonds. The molecule has 59 heavy (non-hydrogen) atoms. The summed E-state index contributed by atoms with van der Waals surface area (Å²) in [6.45, 7) is 0. The van der Waals surface area contributed by atoms with Gasteiger partial charge in [-0.05, 0) is 111 Å². The molecule has 0 N–H and O–H groups in total. The molecule has 0 fully saturated rings. The predicted octanol–water partition coefficient (Wildman–Crippen LogP) is 15.5. The highest BCUT2D eigenvalue weighted by Crippen LogP contribution is 2.43. The van der Waals surface area contributed by atoms with E-state index in [0.29, 0.717) is 11.5 Å². The fourth-order valence-electron chi connectivity index (χ4n) is 8.19. The molecule has 0 radical (unpaired) electrons. The van der Waals surface area contributed by atoms with Crippen molar-refractivity contribution in [1.29, 1.82) is 0 Å². The van der Waals surface area contributed by atoms with Crippen molar-refractivity contribution < 1.29 is 8.83 Å². The topological polar surface area (TPSA) is 42.4 Å². The van der Waals surface area contributed by atoms with Gasteiger partial charge in [0.15, 0.2) is 5.58 Å². The Morgan fingerprint density at radius 3 is 1.58 bits per heavy atom. The summed E-state index contributed by atoms with van der Waals surface area (Å²) < 4.78 is 12.7. The highest BCUT2D eigenvalue weighted by atomic mass is 16.4. The van der Waals surface area contributed by atoms with Gasteiger partial charge in [0, 0.05) is 39.5 Å². The smallest absolute Gasteiger partial charge is 0.227 e. The first-order valence-corrected chi connectivity index (χ1v) is 19.9. The Morgan fingerprint density at radius 1 is 0.305 bits per heavy atom. The summed E-state index contributed by atoms with van der Waals surface area (Å²) >= 11 is 0. The molecule has 0 atom stereocenters. The molecule has 0 aliphatic carbocycles. The Kier molecular flexibility index (Phi) is 8.45. The van der Waals surface area contributed by atoms with E-state index in [-0.39, 0.29) is 0 Å². The summed E-state index contributed by atoms with van der Waals surface area (Å²) in [5, 5.41) is 2.05. The van der Waals surface area contributed by atoms with E-state index in [0.717, 1.165) is 77.9 Å². The molecule has 2 heterocycles. The van der Waals surface area contributed by atoms with Crippen LogP contribution in [0.2, 0.25) is 0 Å². The van der Waals surface area contributed by atoms with E-state index in [9.17, 15) is 0 Å². The first-order valence-electron chi connectivity index (χ1n) is 19.9. The van der Waals surface area contributed by atoms with E-state index >= 15 is 0 Å². The second-order valence-electron chi connectivity index (χ2n) is 14.8. The lowest BCUT2D eigenvalue weighted by Crippen LogP contribution is -2.10. The van der Waals surface area contributed by atoms with Gasteiger partial charge in [0.05, 0.1) is 0 Å². The highest BCUT2D eigenvalue weighted by Gasteiger charge is 2.19. The Morgan fingerprint density at radius 2 is 0.864 bits per heavy atom. The van der Waals surface area contributed by atoms with Gasteiger partial charge in [-0.3, -0.25) is 0 Å². The Hall–Kier alpha value is -7.95. The third-order valence-corrected chi connectivity index (χ3v) is 11.1. The summed E-state index contributed by atoms with van der Waals surface area (Å²) in [5.74, 6) is 0.600. The maximum absolute atomic E-state index is 6.55. The molecule has 0 spiro atoms. The van der Waals surface area contributed by atoms with Crippen LogP contribution < -0.4 is 4.90 Å². The van der Waals surface area contributed by atoms with Crippen molar-refractivity contribution >= 4 is 50.1 Å². The van der Waals surface area contributed by atoms with Crippen molar-refractivity contribution in [3.05, 3.63) is 218 Å². The maximum Gasteiger partial charge on any atom is 0.227 e. The van der Waals surface area contributed by atoms with Crippen molar-refractivity contribution in [2.24, 2.45) is 0 Å². The minimum Gasteiger partial charge on any atom is -0.456 e. The molecular formula is C55H36N2O2. The minimum absolute atomic E-state index is 0.600.